The predicted molar refractivity (Wildman–Crippen MR) is 102 cm³/mol. The SMILES string of the molecule is N#Cc1ccc2ncc3nc(Cc4cc(C(F)(F)F)on4)n([C@H]4CC[C@@H](F)C4)c3c2c1. The average molecular weight is 429 g/mol. The zero-order chi connectivity index (χ0) is 21.8. The molecule has 5 rings (SSSR count). The number of rotatable bonds is 3. The minimum absolute atomic E-state index is 0.0128. The standard InChI is InChI=1S/C21H15F4N5O/c22-12-2-3-14(6-12)30-19(8-13-7-18(31-29-13)21(23,24)25)28-17-10-27-16-4-1-11(9-26)5-15(16)20(17)30/h1,4-5,7,10,12,14H,2-3,6,8H2/t12-,14+/m1/s1. The third-order valence-corrected chi connectivity index (χ3v) is 5.60. The monoisotopic (exact) mass is 429 g/mol. The Hall–Kier alpha value is -3.48. The maximum absolute atomic E-state index is 14.0. The van der Waals surface area contributed by atoms with Crippen LogP contribution in [0.3, 0.4) is 0 Å². The van der Waals surface area contributed by atoms with Crippen LogP contribution in [0.25, 0.3) is 21.9 Å². The summed E-state index contributed by atoms with van der Waals surface area (Å²) in [6.07, 6.45) is -2.76. The van der Waals surface area contributed by atoms with Gasteiger partial charge in [-0.15, -0.1) is 0 Å². The van der Waals surface area contributed by atoms with Gasteiger partial charge >= 0.3 is 6.18 Å². The van der Waals surface area contributed by atoms with E-state index in [0.29, 0.717) is 46.2 Å². The number of nitriles is 1. The molecule has 1 aliphatic rings. The van der Waals surface area contributed by atoms with E-state index >= 15 is 0 Å². The summed E-state index contributed by atoms with van der Waals surface area (Å²) in [4.78, 5) is 8.97. The smallest absolute Gasteiger partial charge is 0.351 e. The van der Waals surface area contributed by atoms with Crippen LogP contribution in [0.1, 0.15) is 48.1 Å². The van der Waals surface area contributed by atoms with Gasteiger partial charge in [0.1, 0.15) is 17.5 Å². The van der Waals surface area contributed by atoms with E-state index in [0.717, 1.165) is 6.07 Å². The third-order valence-electron chi connectivity index (χ3n) is 5.60. The molecule has 4 aromatic rings. The Morgan fingerprint density at radius 1 is 1.19 bits per heavy atom. The van der Waals surface area contributed by atoms with Gasteiger partial charge in [-0.2, -0.15) is 18.4 Å². The largest absolute Gasteiger partial charge is 0.452 e. The molecule has 0 unspecified atom stereocenters. The fourth-order valence-corrected chi connectivity index (χ4v) is 4.24. The molecule has 6 nitrogen and oxygen atoms in total. The summed E-state index contributed by atoms with van der Waals surface area (Å²) in [6.45, 7) is 0. The van der Waals surface area contributed by atoms with Crippen molar-refractivity contribution in [2.75, 3.05) is 0 Å². The van der Waals surface area contributed by atoms with Crippen LogP contribution in [0.4, 0.5) is 17.6 Å². The quantitative estimate of drug-likeness (QED) is 0.423. The number of imidazole rings is 1. The Kier molecular flexibility index (Phi) is 4.43. The maximum atomic E-state index is 14.0. The van der Waals surface area contributed by atoms with Crippen molar-refractivity contribution in [3.8, 4) is 6.07 Å². The van der Waals surface area contributed by atoms with E-state index in [2.05, 4.69) is 25.7 Å². The Labute approximate surface area is 173 Å². The first kappa shape index (κ1) is 19.5. The van der Waals surface area contributed by atoms with E-state index < -0.39 is 18.1 Å². The normalized spacial score (nSPS) is 19.3. The van der Waals surface area contributed by atoms with Crippen molar-refractivity contribution < 1.29 is 22.1 Å². The van der Waals surface area contributed by atoms with Gasteiger partial charge < -0.3 is 9.09 Å². The number of hydrogen-bond acceptors (Lipinski definition) is 5. The summed E-state index contributed by atoms with van der Waals surface area (Å²) in [6, 6.07) is 7.82. The Bertz CT molecular complexity index is 1330. The number of hydrogen-bond donors (Lipinski definition) is 0. The lowest BCUT2D eigenvalue weighted by Gasteiger charge is -2.17. The zero-order valence-corrected chi connectivity index (χ0v) is 16.0. The Morgan fingerprint density at radius 2 is 2.03 bits per heavy atom. The molecule has 0 bridgehead atoms. The van der Waals surface area contributed by atoms with E-state index in [4.69, 9.17) is 0 Å². The summed E-state index contributed by atoms with van der Waals surface area (Å²) in [5, 5.41) is 13.5. The summed E-state index contributed by atoms with van der Waals surface area (Å²) >= 11 is 0. The van der Waals surface area contributed by atoms with E-state index in [9.17, 15) is 22.8 Å². The molecule has 1 fully saturated rings. The van der Waals surface area contributed by atoms with Gasteiger partial charge in [0.05, 0.1) is 41.0 Å². The highest BCUT2D eigenvalue weighted by Crippen LogP contribution is 2.38. The molecule has 0 N–H and O–H groups in total. The van der Waals surface area contributed by atoms with E-state index in [-0.39, 0.29) is 24.6 Å². The Morgan fingerprint density at radius 3 is 2.71 bits per heavy atom. The minimum Gasteiger partial charge on any atom is -0.351 e. The van der Waals surface area contributed by atoms with E-state index in [1.807, 2.05) is 4.57 Å². The van der Waals surface area contributed by atoms with Crippen LogP contribution in [-0.4, -0.2) is 25.9 Å². The molecule has 0 spiro atoms. The van der Waals surface area contributed by atoms with Crippen molar-refractivity contribution in [3.63, 3.8) is 0 Å². The van der Waals surface area contributed by atoms with Crippen LogP contribution in [0.15, 0.2) is 35.0 Å². The summed E-state index contributed by atoms with van der Waals surface area (Å²) in [7, 11) is 0. The van der Waals surface area contributed by atoms with Crippen LogP contribution in [0, 0.1) is 11.3 Å². The van der Waals surface area contributed by atoms with Crippen LogP contribution in [0.5, 0.6) is 0 Å². The molecule has 10 heteroatoms. The molecule has 158 valence electrons. The highest BCUT2D eigenvalue weighted by molar-refractivity contribution is 6.02. The highest BCUT2D eigenvalue weighted by Gasteiger charge is 2.36. The lowest BCUT2D eigenvalue weighted by atomic mass is 10.1. The first-order valence-electron chi connectivity index (χ1n) is 9.70. The fraction of sp³-hybridized carbons (Fsp3) is 0.333. The van der Waals surface area contributed by atoms with Crippen molar-refractivity contribution >= 4 is 21.9 Å². The van der Waals surface area contributed by atoms with E-state index in [1.165, 1.54) is 0 Å². The van der Waals surface area contributed by atoms with Crippen LogP contribution < -0.4 is 0 Å². The molecule has 31 heavy (non-hydrogen) atoms. The van der Waals surface area contributed by atoms with Crippen molar-refractivity contribution in [2.45, 2.75) is 44.1 Å². The van der Waals surface area contributed by atoms with Gasteiger partial charge in [-0.05, 0) is 37.5 Å². The topological polar surface area (TPSA) is 80.5 Å². The van der Waals surface area contributed by atoms with E-state index in [1.54, 1.807) is 24.4 Å². The van der Waals surface area contributed by atoms with Crippen LogP contribution in [-0.2, 0) is 12.6 Å². The summed E-state index contributed by atoms with van der Waals surface area (Å²) in [5.74, 6) is -0.728. The first-order chi connectivity index (χ1) is 14.8. The van der Waals surface area contributed by atoms with Crippen molar-refractivity contribution in [2.24, 2.45) is 0 Å². The van der Waals surface area contributed by atoms with Gasteiger partial charge in [-0.25, -0.2) is 9.37 Å². The number of nitrogens with zero attached hydrogens (tertiary/aromatic N) is 5. The minimum atomic E-state index is -4.63. The second-order valence-corrected chi connectivity index (χ2v) is 7.66. The molecule has 0 amide bonds. The molecule has 0 aliphatic heterocycles. The molecule has 3 heterocycles. The number of halogens is 4. The van der Waals surface area contributed by atoms with Crippen LogP contribution in [0.2, 0.25) is 0 Å². The second-order valence-electron chi connectivity index (χ2n) is 7.66. The van der Waals surface area contributed by atoms with Gasteiger partial charge in [-0.1, -0.05) is 5.16 Å². The van der Waals surface area contributed by atoms with Crippen molar-refractivity contribution in [1.82, 2.24) is 19.7 Å². The molecule has 3 aromatic heterocycles. The lowest BCUT2D eigenvalue weighted by molar-refractivity contribution is -0.155. The molecule has 0 radical (unpaired) electrons. The van der Waals surface area contributed by atoms with Crippen molar-refractivity contribution in [1.29, 1.82) is 5.26 Å². The number of aromatic nitrogens is 4. The summed E-state index contributed by atoms with van der Waals surface area (Å²) < 4.78 is 59.0. The zero-order valence-electron chi connectivity index (χ0n) is 16.0. The molecular formula is C21H15F4N5O. The number of fused-ring (bicyclic) bond motifs is 3. The van der Waals surface area contributed by atoms with Gasteiger partial charge in [0.15, 0.2) is 0 Å². The predicted octanol–water partition coefficient (Wildman–Crippen LogP) is 5.12. The first-order valence-corrected chi connectivity index (χ1v) is 9.70. The number of pyridine rings is 1. The number of alkyl halides is 4. The molecular weight excluding hydrogens is 414 g/mol. The third kappa shape index (κ3) is 3.40. The Balaban J connectivity index is 1.69. The van der Waals surface area contributed by atoms with Gasteiger partial charge in [0.2, 0.25) is 5.76 Å². The van der Waals surface area contributed by atoms with Crippen molar-refractivity contribution in [3.05, 3.63) is 53.3 Å². The van der Waals surface area contributed by atoms with Gasteiger partial charge in [0, 0.05) is 17.5 Å². The lowest BCUT2D eigenvalue weighted by Crippen LogP contribution is -2.11. The van der Waals surface area contributed by atoms with Gasteiger partial charge in [0.25, 0.3) is 0 Å². The fourth-order valence-electron chi connectivity index (χ4n) is 4.24. The van der Waals surface area contributed by atoms with Gasteiger partial charge in [-0.3, -0.25) is 4.98 Å². The van der Waals surface area contributed by atoms with Crippen LogP contribution >= 0.6 is 0 Å². The average Bonchev–Trinajstić information content (AvgIpc) is 3.45. The molecule has 1 aliphatic carbocycles. The molecule has 0 saturated heterocycles. The summed E-state index contributed by atoms with van der Waals surface area (Å²) in [5.41, 5.74) is 2.39. The molecule has 2 atom stereocenters. The second kappa shape index (κ2) is 7.04. The maximum Gasteiger partial charge on any atom is 0.452 e. The number of benzene rings is 1. The highest BCUT2D eigenvalue weighted by atomic mass is 19.4. The molecule has 1 saturated carbocycles. The molecule has 1 aromatic carbocycles.